The number of benzene rings is 1. The first kappa shape index (κ1) is 13.8. The van der Waals surface area contributed by atoms with Gasteiger partial charge in [0, 0.05) is 29.7 Å². The predicted molar refractivity (Wildman–Crippen MR) is 74.2 cm³/mol. The van der Waals surface area contributed by atoms with E-state index in [0.717, 1.165) is 17.7 Å². The van der Waals surface area contributed by atoms with E-state index in [-0.39, 0.29) is 11.9 Å². The maximum Gasteiger partial charge on any atom is 0.218 e. The number of hydrogen-bond donors (Lipinski definition) is 4. The Morgan fingerprint density at radius 1 is 1.15 bits per heavy atom. The van der Waals surface area contributed by atoms with Gasteiger partial charge < -0.3 is 22.2 Å². The summed E-state index contributed by atoms with van der Waals surface area (Å²) in [5, 5.41) is 0.611. The number of nitrogens with two attached hydrogens (primary N) is 3. The van der Waals surface area contributed by atoms with E-state index in [1.54, 1.807) is 6.20 Å². The molecule has 2 aromatic rings. The van der Waals surface area contributed by atoms with Crippen LogP contribution in [0.1, 0.15) is 5.56 Å². The normalized spacial score (nSPS) is 11.8. The minimum atomic E-state index is -0.888. The Bertz CT molecular complexity index is 685. The molecule has 0 aliphatic carbocycles. The Kier molecular flexibility index (Phi) is 3.83. The zero-order chi connectivity index (χ0) is 14.7. The lowest BCUT2D eigenvalue weighted by Gasteiger charge is -1.98. The van der Waals surface area contributed by atoms with E-state index in [0.29, 0.717) is 23.9 Å². The van der Waals surface area contributed by atoms with Crippen molar-refractivity contribution in [2.24, 2.45) is 27.2 Å². The van der Waals surface area contributed by atoms with E-state index >= 15 is 0 Å². The van der Waals surface area contributed by atoms with Crippen LogP contribution >= 0.6 is 0 Å². The molecule has 8 heteroatoms. The highest BCUT2D eigenvalue weighted by atomic mass is 19.2. The number of aromatic amines is 1. The van der Waals surface area contributed by atoms with Gasteiger partial charge in [-0.15, -0.1) is 0 Å². The number of rotatable bonds is 3. The van der Waals surface area contributed by atoms with E-state index < -0.39 is 11.6 Å². The molecular weight excluding hydrogens is 266 g/mol. The van der Waals surface area contributed by atoms with Crippen molar-refractivity contribution < 1.29 is 8.78 Å². The molecule has 1 aromatic heterocycles. The fourth-order valence-electron chi connectivity index (χ4n) is 1.84. The predicted octanol–water partition coefficient (Wildman–Crippen LogP) is 0.577. The SMILES string of the molecule is NC(N)=NC(N)=NCCc1c[nH]c2cc(F)c(F)cc12. The summed E-state index contributed by atoms with van der Waals surface area (Å²) in [6, 6.07) is 2.27. The third kappa shape index (κ3) is 3.02. The molecule has 7 N–H and O–H groups in total. The van der Waals surface area contributed by atoms with Crippen LogP contribution in [-0.2, 0) is 6.42 Å². The molecule has 0 fully saturated rings. The van der Waals surface area contributed by atoms with Gasteiger partial charge in [0.25, 0.3) is 0 Å². The highest BCUT2D eigenvalue weighted by molar-refractivity contribution is 5.92. The zero-order valence-electron chi connectivity index (χ0n) is 10.5. The second-order valence-electron chi connectivity index (χ2n) is 4.15. The van der Waals surface area contributed by atoms with Gasteiger partial charge in [0.1, 0.15) is 0 Å². The van der Waals surface area contributed by atoms with Crippen LogP contribution in [0.25, 0.3) is 10.9 Å². The number of nitrogens with one attached hydrogen (secondary N) is 1. The van der Waals surface area contributed by atoms with Crippen molar-refractivity contribution in [3.63, 3.8) is 0 Å². The molecule has 2 rings (SSSR count). The van der Waals surface area contributed by atoms with E-state index in [4.69, 9.17) is 17.2 Å². The second-order valence-corrected chi connectivity index (χ2v) is 4.15. The van der Waals surface area contributed by atoms with E-state index in [1.165, 1.54) is 0 Å². The summed E-state index contributed by atoms with van der Waals surface area (Å²) in [5.41, 5.74) is 17.1. The van der Waals surface area contributed by atoms with Gasteiger partial charge in [0.2, 0.25) is 5.96 Å². The van der Waals surface area contributed by atoms with Gasteiger partial charge in [-0.1, -0.05) is 0 Å². The third-order valence-corrected chi connectivity index (χ3v) is 2.71. The summed E-state index contributed by atoms with van der Waals surface area (Å²) >= 11 is 0. The van der Waals surface area contributed by atoms with E-state index in [9.17, 15) is 8.78 Å². The third-order valence-electron chi connectivity index (χ3n) is 2.71. The van der Waals surface area contributed by atoms with Gasteiger partial charge in [-0.3, -0.25) is 4.99 Å². The van der Waals surface area contributed by atoms with Crippen molar-refractivity contribution in [3.05, 3.63) is 35.5 Å². The molecule has 0 bridgehead atoms. The minimum Gasteiger partial charge on any atom is -0.370 e. The summed E-state index contributed by atoms with van der Waals surface area (Å²) in [4.78, 5) is 10.4. The summed E-state index contributed by atoms with van der Waals surface area (Å²) < 4.78 is 26.3. The van der Waals surface area contributed by atoms with Crippen LogP contribution in [0.5, 0.6) is 0 Å². The van der Waals surface area contributed by atoms with Gasteiger partial charge in [-0.25, -0.2) is 8.78 Å². The molecular formula is C12H14F2N6. The largest absolute Gasteiger partial charge is 0.370 e. The molecule has 1 aromatic carbocycles. The Balaban J connectivity index is 2.15. The fourth-order valence-corrected chi connectivity index (χ4v) is 1.84. The molecule has 0 aliphatic rings. The highest BCUT2D eigenvalue weighted by Crippen LogP contribution is 2.21. The summed E-state index contributed by atoms with van der Waals surface area (Å²) in [5.74, 6) is -1.97. The van der Waals surface area contributed by atoms with Crippen molar-refractivity contribution in [1.29, 1.82) is 0 Å². The lowest BCUT2D eigenvalue weighted by atomic mass is 10.1. The Labute approximate surface area is 113 Å². The lowest BCUT2D eigenvalue weighted by Crippen LogP contribution is -2.26. The molecule has 0 spiro atoms. The Morgan fingerprint density at radius 3 is 2.55 bits per heavy atom. The molecule has 20 heavy (non-hydrogen) atoms. The van der Waals surface area contributed by atoms with Crippen LogP contribution in [0.3, 0.4) is 0 Å². The maximum absolute atomic E-state index is 13.2. The Hall–Kier alpha value is -2.64. The molecule has 1 heterocycles. The van der Waals surface area contributed by atoms with Crippen LogP contribution in [-0.4, -0.2) is 23.4 Å². The fraction of sp³-hybridized carbons (Fsp3) is 0.167. The van der Waals surface area contributed by atoms with Crippen molar-refractivity contribution >= 4 is 22.8 Å². The first-order valence-electron chi connectivity index (χ1n) is 5.82. The summed E-state index contributed by atoms with van der Waals surface area (Å²) in [6.45, 7) is 0.328. The molecule has 6 nitrogen and oxygen atoms in total. The molecule has 0 aliphatic heterocycles. The number of H-pyrrole nitrogens is 1. The number of guanidine groups is 2. The number of nitrogens with zero attached hydrogens (tertiary/aromatic N) is 2. The smallest absolute Gasteiger partial charge is 0.218 e. The molecule has 0 amide bonds. The molecule has 0 saturated heterocycles. The number of fused-ring (bicyclic) bond motifs is 1. The van der Waals surface area contributed by atoms with Crippen LogP contribution in [0.15, 0.2) is 28.3 Å². The first-order chi connectivity index (χ1) is 9.47. The monoisotopic (exact) mass is 280 g/mol. The number of halogens is 2. The van der Waals surface area contributed by atoms with Gasteiger partial charge in [0.05, 0.1) is 0 Å². The topological polar surface area (TPSA) is 119 Å². The lowest BCUT2D eigenvalue weighted by molar-refractivity contribution is 0.511. The first-order valence-corrected chi connectivity index (χ1v) is 5.82. The molecule has 0 saturated carbocycles. The zero-order valence-corrected chi connectivity index (χ0v) is 10.5. The molecule has 0 radical (unpaired) electrons. The standard InChI is InChI=1S/C12H14F2N6/c13-8-3-7-6(5-19-10(7)4-9(8)14)1-2-18-12(17)20-11(15)16/h3-5,19H,1-2H2,(H6,15,16,17,18,20). The Morgan fingerprint density at radius 2 is 1.85 bits per heavy atom. The quantitative estimate of drug-likeness (QED) is 0.486. The van der Waals surface area contributed by atoms with Crippen LogP contribution in [0.2, 0.25) is 0 Å². The number of hydrogen-bond acceptors (Lipinski definition) is 1. The number of aliphatic imine (C=N–C) groups is 2. The van der Waals surface area contributed by atoms with Gasteiger partial charge in [-0.05, 0) is 18.1 Å². The average molecular weight is 280 g/mol. The average Bonchev–Trinajstić information content (AvgIpc) is 2.72. The summed E-state index contributed by atoms with van der Waals surface area (Å²) in [7, 11) is 0. The van der Waals surface area contributed by atoms with Gasteiger partial charge >= 0.3 is 0 Å². The van der Waals surface area contributed by atoms with Gasteiger partial charge in [-0.2, -0.15) is 4.99 Å². The van der Waals surface area contributed by atoms with Crippen LogP contribution in [0.4, 0.5) is 8.78 Å². The van der Waals surface area contributed by atoms with Gasteiger partial charge in [0.15, 0.2) is 17.6 Å². The van der Waals surface area contributed by atoms with Crippen molar-refractivity contribution in [3.8, 4) is 0 Å². The minimum absolute atomic E-state index is 0.0259. The van der Waals surface area contributed by atoms with E-state index in [2.05, 4.69) is 15.0 Å². The van der Waals surface area contributed by atoms with Crippen molar-refractivity contribution in [1.82, 2.24) is 4.98 Å². The second kappa shape index (κ2) is 5.55. The van der Waals surface area contributed by atoms with Crippen molar-refractivity contribution in [2.75, 3.05) is 6.54 Å². The highest BCUT2D eigenvalue weighted by Gasteiger charge is 2.09. The van der Waals surface area contributed by atoms with E-state index in [1.807, 2.05) is 0 Å². The maximum atomic E-state index is 13.2. The van der Waals surface area contributed by atoms with Crippen LogP contribution in [0, 0.1) is 11.6 Å². The summed E-state index contributed by atoms with van der Waals surface area (Å²) in [6.07, 6.45) is 2.17. The van der Waals surface area contributed by atoms with Crippen molar-refractivity contribution in [2.45, 2.75) is 6.42 Å². The number of aromatic nitrogens is 1. The molecule has 0 unspecified atom stereocenters. The molecule has 106 valence electrons. The van der Waals surface area contributed by atoms with Crippen LogP contribution < -0.4 is 17.2 Å². The molecule has 0 atom stereocenters.